The Morgan fingerprint density at radius 1 is 0.926 bits per heavy atom. The Morgan fingerprint density at radius 3 is 2.41 bits per heavy atom. The number of anilines is 2. The standard InChI is InChI=1S/C23H29N3O/c1-3-4-8-18-9-7-10-19-23(18)21(17-24-19)26-15-13-25(14-16-26)20-11-5-6-12-22(20)27-2/h5-7,9-12,17,24H,3-4,8,13-16H2,1-2H3. The maximum Gasteiger partial charge on any atom is 0.142 e. The number of para-hydroxylation sites is 2. The smallest absolute Gasteiger partial charge is 0.142 e. The van der Waals surface area contributed by atoms with Crippen LogP contribution in [-0.4, -0.2) is 38.3 Å². The Labute approximate surface area is 161 Å². The van der Waals surface area contributed by atoms with Crippen LogP contribution in [-0.2, 0) is 6.42 Å². The number of aromatic nitrogens is 1. The lowest BCUT2D eigenvalue weighted by Gasteiger charge is -2.37. The molecule has 2 heterocycles. The fraction of sp³-hybridized carbons (Fsp3) is 0.391. The van der Waals surface area contributed by atoms with Crippen LogP contribution in [0.5, 0.6) is 5.75 Å². The van der Waals surface area contributed by atoms with Crippen LogP contribution < -0.4 is 14.5 Å². The highest BCUT2D eigenvalue weighted by atomic mass is 16.5. The lowest BCUT2D eigenvalue weighted by atomic mass is 10.0. The van der Waals surface area contributed by atoms with Crippen LogP contribution in [0.4, 0.5) is 11.4 Å². The molecule has 0 atom stereocenters. The summed E-state index contributed by atoms with van der Waals surface area (Å²) in [6.07, 6.45) is 5.82. The van der Waals surface area contributed by atoms with Gasteiger partial charge in [-0.15, -0.1) is 0 Å². The number of benzene rings is 2. The van der Waals surface area contributed by atoms with Crippen molar-refractivity contribution in [2.45, 2.75) is 26.2 Å². The molecule has 1 aliphatic rings. The number of piperazine rings is 1. The van der Waals surface area contributed by atoms with Crippen LogP contribution in [0.2, 0.25) is 0 Å². The second kappa shape index (κ2) is 7.95. The van der Waals surface area contributed by atoms with Crippen molar-refractivity contribution in [2.75, 3.05) is 43.1 Å². The quantitative estimate of drug-likeness (QED) is 0.679. The normalized spacial score (nSPS) is 14.7. The number of ether oxygens (including phenoxy) is 1. The van der Waals surface area contributed by atoms with Gasteiger partial charge in [0, 0.05) is 43.3 Å². The van der Waals surface area contributed by atoms with Crippen LogP contribution in [0.1, 0.15) is 25.3 Å². The molecule has 4 nitrogen and oxygen atoms in total. The molecule has 4 rings (SSSR count). The van der Waals surface area contributed by atoms with Crippen molar-refractivity contribution >= 4 is 22.3 Å². The van der Waals surface area contributed by atoms with E-state index >= 15 is 0 Å². The number of nitrogens with one attached hydrogen (secondary N) is 1. The van der Waals surface area contributed by atoms with E-state index in [0.717, 1.165) is 38.3 Å². The van der Waals surface area contributed by atoms with E-state index in [0.29, 0.717) is 0 Å². The number of nitrogens with zero attached hydrogens (tertiary/aromatic N) is 2. The molecule has 27 heavy (non-hydrogen) atoms. The third kappa shape index (κ3) is 3.48. The van der Waals surface area contributed by atoms with Crippen molar-refractivity contribution in [2.24, 2.45) is 0 Å². The molecular formula is C23H29N3O. The van der Waals surface area contributed by atoms with Crippen molar-refractivity contribution in [3.8, 4) is 5.75 Å². The molecule has 0 aliphatic carbocycles. The Balaban J connectivity index is 1.55. The summed E-state index contributed by atoms with van der Waals surface area (Å²) in [6, 6.07) is 15.0. The van der Waals surface area contributed by atoms with Crippen LogP contribution in [0.3, 0.4) is 0 Å². The number of H-pyrrole nitrogens is 1. The first kappa shape index (κ1) is 17.8. The van der Waals surface area contributed by atoms with Crippen LogP contribution in [0.25, 0.3) is 10.9 Å². The van der Waals surface area contributed by atoms with Crippen LogP contribution >= 0.6 is 0 Å². The molecule has 3 aromatic rings. The first-order chi connectivity index (χ1) is 13.3. The largest absolute Gasteiger partial charge is 0.495 e. The van der Waals surface area contributed by atoms with Gasteiger partial charge in [-0.3, -0.25) is 0 Å². The molecule has 0 saturated carbocycles. The zero-order valence-corrected chi connectivity index (χ0v) is 16.4. The van der Waals surface area contributed by atoms with E-state index in [1.54, 1.807) is 7.11 Å². The average molecular weight is 364 g/mol. The predicted octanol–water partition coefficient (Wildman–Crippen LogP) is 4.85. The van der Waals surface area contributed by atoms with Crippen LogP contribution in [0, 0.1) is 0 Å². The zero-order chi connectivity index (χ0) is 18.6. The first-order valence-electron chi connectivity index (χ1n) is 10.0. The van der Waals surface area contributed by atoms with Gasteiger partial charge in [0.15, 0.2) is 0 Å². The van der Waals surface area contributed by atoms with Gasteiger partial charge in [0.2, 0.25) is 0 Å². The van der Waals surface area contributed by atoms with Crippen molar-refractivity contribution in [3.63, 3.8) is 0 Å². The average Bonchev–Trinajstić information content (AvgIpc) is 3.17. The van der Waals surface area contributed by atoms with E-state index in [1.807, 2.05) is 12.1 Å². The minimum absolute atomic E-state index is 0.958. The first-order valence-corrected chi connectivity index (χ1v) is 10.0. The molecule has 0 radical (unpaired) electrons. The van der Waals surface area contributed by atoms with Gasteiger partial charge < -0.3 is 19.5 Å². The molecule has 4 heteroatoms. The lowest BCUT2D eigenvalue weighted by molar-refractivity contribution is 0.413. The minimum atomic E-state index is 0.958. The maximum absolute atomic E-state index is 5.55. The number of unbranched alkanes of at least 4 members (excludes halogenated alkanes) is 1. The summed E-state index contributed by atoms with van der Waals surface area (Å²) < 4.78 is 5.55. The fourth-order valence-corrected chi connectivity index (χ4v) is 4.15. The second-order valence-electron chi connectivity index (χ2n) is 7.26. The number of aryl methyl sites for hydroxylation is 1. The van der Waals surface area contributed by atoms with Gasteiger partial charge in [-0.2, -0.15) is 0 Å². The number of fused-ring (bicyclic) bond motifs is 1. The molecule has 1 saturated heterocycles. The molecule has 0 spiro atoms. The van der Waals surface area contributed by atoms with E-state index in [-0.39, 0.29) is 0 Å². The van der Waals surface area contributed by atoms with E-state index in [4.69, 9.17) is 4.74 Å². The third-order valence-electron chi connectivity index (χ3n) is 5.62. The predicted molar refractivity (Wildman–Crippen MR) is 114 cm³/mol. The molecule has 2 aromatic carbocycles. The van der Waals surface area contributed by atoms with Gasteiger partial charge in [-0.05, 0) is 36.6 Å². The van der Waals surface area contributed by atoms with Crippen LogP contribution in [0.15, 0.2) is 48.7 Å². The summed E-state index contributed by atoms with van der Waals surface area (Å²) in [5, 5.41) is 1.41. The minimum Gasteiger partial charge on any atom is -0.495 e. The second-order valence-corrected chi connectivity index (χ2v) is 7.26. The zero-order valence-electron chi connectivity index (χ0n) is 16.4. The highest BCUT2D eigenvalue weighted by Gasteiger charge is 2.22. The molecule has 0 bridgehead atoms. The van der Waals surface area contributed by atoms with Gasteiger partial charge in [-0.25, -0.2) is 0 Å². The summed E-state index contributed by atoms with van der Waals surface area (Å²) in [6.45, 7) is 6.31. The van der Waals surface area contributed by atoms with Crippen molar-refractivity contribution < 1.29 is 4.74 Å². The SMILES string of the molecule is CCCCc1cccc2[nH]cc(N3CCN(c4ccccc4OC)CC3)c12. The molecular weight excluding hydrogens is 334 g/mol. The van der Waals surface area contributed by atoms with E-state index in [2.05, 4.69) is 58.2 Å². The Hall–Kier alpha value is -2.62. The maximum atomic E-state index is 5.55. The number of aromatic amines is 1. The van der Waals surface area contributed by atoms with Crippen molar-refractivity contribution in [1.82, 2.24) is 4.98 Å². The van der Waals surface area contributed by atoms with Crippen molar-refractivity contribution in [1.29, 1.82) is 0 Å². The lowest BCUT2D eigenvalue weighted by Crippen LogP contribution is -2.46. The molecule has 1 aliphatic heterocycles. The third-order valence-corrected chi connectivity index (χ3v) is 5.62. The fourth-order valence-electron chi connectivity index (χ4n) is 4.15. The van der Waals surface area contributed by atoms with Gasteiger partial charge in [0.05, 0.1) is 18.5 Å². The summed E-state index contributed by atoms with van der Waals surface area (Å²) in [7, 11) is 1.75. The number of methoxy groups -OCH3 is 1. The summed E-state index contributed by atoms with van der Waals surface area (Å²) in [5.41, 5.74) is 5.28. The highest BCUT2D eigenvalue weighted by Crippen LogP contribution is 2.33. The van der Waals surface area contributed by atoms with E-state index in [1.165, 1.54) is 40.7 Å². The van der Waals surface area contributed by atoms with Gasteiger partial charge in [0.1, 0.15) is 5.75 Å². The Morgan fingerprint density at radius 2 is 1.67 bits per heavy atom. The van der Waals surface area contributed by atoms with Gasteiger partial charge >= 0.3 is 0 Å². The Kier molecular flexibility index (Phi) is 5.23. The molecule has 0 unspecified atom stereocenters. The van der Waals surface area contributed by atoms with E-state index < -0.39 is 0 Å². The molecule has 0 amide bonds. The Bertz CT molecular complexity index is 894. The molecule has 1 aromatic heterocycles. The summed E-state index contributed by atoms with van der Waals surface area (Å²) in [5.74, 6) is 0.958. The highest BCUT2D eigenvalue weighted by molar-refractivity contribution is 5.95. The molecule has 1 fully saturated rings. The van der Waals surface area contributed by atoms with E-state index in [9.17, 15) is 0 Å². The topological polar surface area (TPSA) is 31.5 Å². The molecule has 142 valence electrons. The van der Waals surface area contributed by atoms with Gasteiger partial charge in [0.25, 0.3) is 0 Å². The number of hydrogen-bond acceptors (Lipinski definition) is 3. The monoisotopic (exact) mass is 363 g/mol. The number of rotatable bonds is 6. The number of hydrogen-bond donors (Lipinski definition) is 1. The summed E-state index contributed by atoms with van der Waals surface area (Å²) in [4.78, 5) is 8.45. The van der Waals surface area contributed by atoms with Gasteiger partial charge in [-0.1, -0.05) is 37.6 Å². The summed E-state index contributed by atoms with van der Waals surface area (Å²) >= 11 is 0. The van der Waals surface area contributed by atoms with Crippen molar-refractivity contribution in [3.05, 3.63) is 54.2 Å². The molecule has 1 N–H and O–H groups in total.